The van der Waals surface area contributed by atoms with E-state index in [-0.39, 0.29) is 11.6 Å². The molecule has 0 atom stereocenters. The quantitative estimate of drug-likeness (QED) is 0.331. The minimum Gasteiger partial charge on any atom is -0.457 e. The molecule has 30 heavy (non-hydrogen) atoms. The van der Waals surface area contributed by atoms with Gasteiger partial charge in [-0.3, -0.25) is 19.8 Å². The number of benzene rings is 1. The summed E-state index contributed by atoms with van der Waals surface area (Å²) in [6, 6.07) is 15.0. The first kappa shape index (κ1) is 19.6. The molecule has 0 spiro atoms. The zero-order chi connectivity index (χ0) is 21.1. The van der Waals surface area contributed by atoms with E-state index in [1.54, 1.807) is 53.6 Å². The number of carbonyl (C=O) groups is 1. The number of rotatable bonds is 5. The number of nitro groups is 1. The van der Waals surface area contributed by atoms with Crippen molar-refractivity contribution in [3.05, 3.63) is 81.6 Å². The number of carbonyl (C=O) groups excluding carboxylic acids is 1. The molecule has 0 radical (unpaired) electrons. The standard InChI is InChI=1S/C21H16N4O4S/c1-2-24-20(26)18(30-21(24)23-19-5-3-4-12-22-19)13-16-10-11-17(29-16)14-6-8-15(9-7-14)25(27)28/h3-13H,2H2,1H3/b18-13+,23-21+. The van der Waals surface area contributed by atoms with Crippen LogP contribution in [0.4, 0.5) is 11.5 Å². The maximum absolute atomic E-state index is 12.7. The number of hydrogen-bond acceptors (Lipinski definition) is 7. The molecule has 1 saturated heterocycles. The number of amidine groups is 1. The Morgan fingerprint density at radius 1 is 1.20 bits per heavy atom. The first-order valence-corrected chi connectivity index (χ1v) is 9.92. The number of hydrogen-bond donors (Lipinski definition) is 0. The van der Waals surface area contributed by atoms with Crippen LogP contribution in [0.15, 0.2) is 75.1 Å². The van der Waals surface area contributed by atoms with E-state index >= 15 is 0 Å². The number of non-ortho nitro benzene ring substituents is 1. The Hall–Kier alpha value is -3.72. The van der Waals surface area contributed by atoms with Gasteiger partial charge in [0.2, 0.25) is 0 Å². The number of aliphatic imine (C=N–C) groups is 1. The second kappa shape index (κ2) is 8.34. The van der Waals surface area contributed by atoms with E-state index < -0.39 is 4.92 Å². The fourth-order valence-electron chi connectivity index (χ4n) is 2.85. The van der Waals surface area contributed by atoms with E-state index in [1.165, 1.54) is 23.9 Å². The van der Waals surface area contributed by atoms with Crippen LogP contribution in [0.3, 0.4) is 0 Å². The lowest BCUT2D eigenvalue weighted by Gasteiger charge is -2.11. The van der Waals surface area contributed by atoms with Crippen LogP contribution < -0.4 is 0 Å². The van der Waals surface area contributed by atoms with Crippen LogP contribution >= 0.6 is 11.8 Å². The Morgan fingerprint density at radius 2 is 2.00 bits per heavy atom. The molecule has 1 aromatic carbocycles. The van der Waals surface area contributed by atoms with E-state index in [0.29, 0.717) is 39.5 Å². The van der Waals surface area contributed by atoms with Crippen molar-refractivity contribution in [2.45, 2.75) is 6.92 Å². The first-order chi connectivity index (χ1) is 14.5. The predicted molar refractivity (Wildman–Crippen MR) is 115 cm³/mol. The van der Waals surface area contributed by atoms with Crippen LogP contribution in [0.5, 0.6) is 0 Å². The highest BCUT2D eigenvalue weighted by Crippen LogP contribution is 2.34. The molecule has 0 aliphatic carbocycles. The summed E-state index contributed by atoms with van der Waals surface area (Å²) < 4.78 is 5.82. The fraction of sp³-hybridized carbons (Fsp3) is 0.0952. The summed E-state index contributed by atoms with van der Waals surface area (Å²) in [5.74, 6) is 1.45. The van der Waals surface area contributed by atoms with Crippen LogP contribution in [0.2, 0.25) is 0 Å². The summed E-state index contributed by atoms with van der Waals surface area (Å²) in [6.45, 7) is 2.37. The number of aromatic nitrogens is 1. The number of nitrogens with zero attached hydrogens (tertiary/aromatic N) is 4. The average Bonchev–Trinajstić information content (AvgIpc) is 3.34. The molecule has 4 rings (SSSR count). The van der Waals surface area contributed by atoms with Gasteiger partial charge in [0.1, 0.15) is 11.5 Å². The van der Waals surface area contributed by atoms with Crippen molar-refractivity contribution in [2.75, 3.05) is 6.54 Å². The maximum Gasteiger partial charge on any atom is 0.269 e. The van der Waals surface area contributed by atoms with E-state index in [1.807, 2.05) is 13.0 Å². The largest absolute Gasteiger partial charge is 0.457 e. The second-order valence-corrected chi connectivity index (χ2v) is 7.26. The highest BCUT2D eigenvalue weighted by atomic mass is 32.2. The van der Waals surface area contributed by atoms with Gasteiger partial charge >= 0.3 is 0 Å². The van der Waals surface area contributed by atoms with Crippen LogP contribution in [0, 0.1) is 10.1 Å². The Morgan fingerprint density at radius 3 is 2.67 bits per heavy atom. The third-order valence-electron chi connectivity index (χ3n) is 4.33. The molecule has 9 heteroatoms. The van der Waals surface area contributed by atoms with E-state index in [9.17, 15) is 14.9 Å². The SMILES string of the molecule is CCN1C(=O)/C(=C\c2ccc(-c3ccc([N+](=O)[O-])cc3)o2)S/C1=N/c1ccccn1. The van der Waals surface area contributed by atoms with Crippen molar-refractivity contribution in [2.24, 2.45) is 4.99 Å². The fourth-order valence-corrected chi connectivity index (χ4v) is 3.88. The van der Waals surface area contributed by atoms with Crippen molar-refractivity contribution in [3.63, 3.8) is 0 Å². The van der Waals surface area contributed by atoms with Gasteiger partial charge < -0.3 is 4.42 Å². The predicted octanol–water partition coefficient (Wildman–Crippen LogP) is 4.87. The smallest absolute Gasteiger partial charge is 0.269 e. The summed E-state index contributed by atoms with van der Waals surface area (Å²) >= 11 is 1.26. The second-order valence-electron chi connectivity index (χ2n) is 6.25. The molecule has 2 aromatic heterocycles. The van der Waals surface area contributed by atoms with Gasteiger partial charge in [-0.25, -0.2) is 9.98 Å². The summed E-state index contributed by atoms with van der Waals surface area (Å²) in [7, 11) is 0. The minimum atomic E-state index is -0.450. The molecule has 3 heterocycles. The lowest BCUT2D eigenvalue weighted by atomic mass is 10.1. The van der Waals surface area contributed by atoms with Crippen LogP contribution in [-0.4, -0.2) is 32.4 Å². The first-order valence-electron chi connectivity index (χ1n) is 9.11. The molecular weight excluding hydrogens is 404 g/mol. The lowest BCUT2D eigenvalue weighted by molar-refractivity contribution is -0.384. The van der Waals surface area contributed by atoms with Gasteiger partial charge in [-0.2, -0.15) is 0 Å². The van der Waals surface area contributed by atoms with Crippen LogP contribution in [-0.2, 0) is 4.79 Å². The van der Waals surface area contributed by atoms with Crippen LogP contribution in [0.1, 0.15) is 12.7 Å². The zero-order valence-electron chi connectivity index (χ0n) is 15.9. The highest BCUT2D eigenvalue weighted by molar-refractivity contribution is 8.18. The Kier molecular flexibility index (Phi) is 5.44. The maximum atomic E-state index is 12.7. The molecular formula is C21H16N4O4S. The molecule has 1 aliphatic heterocycles. The van der Waals surface area contributed by atoms with Crippen molar-refractivity contribution in [1.29, 1.82) is 0 Å². The lowest BCUT2D eigenvalue weighted by Crippen LogP contribution is -2.28. The summed E-state index contributed by atoms with van der Waals surface area (Å²) in [5, 5.41) is 11.4. The number of amides is 1. The van der Waals surface area contributed by atoms with Crippen molar-refractivity contribution in [1.82, 2.24) is 9.88 Å². The third-order valence-corrected chi connectivity index (χ3v) is 5.33. The van der Waals surface area contributed by atoms with Gasteiger partial charge in [0.15, 0.2) is 11.0 Å². The number of thioether (sulfide) groups is 1. The monoisotopic (exact) mass is 420 g/mol. The van der Waals surface area contributed by atoms with E-state index in [0.717, 1.165) is 0 Å². The van der Waals surface area contributed by atoms with Crippen molar-refractivity contribution >= 4 is 40.4 Å². The molecule has 8 nitrogen and oxygen atoms in total. The summed E-state index contributed by atoms with van der Waals surface area (Å²) in [6.07, 6.45) is 3.32. The number of nitro benzene ring substituents is 1. The molecule has 0 bridgehead atoms. The van der Waals surface area contributed by atoms with Gasteiger partial charge in [0, 0.05) is 36.5 Å². The van der Waals surface area contributed by atoms with E-state index in [2.05, 4.69) is 9.98 Å². The van der Waals surface area contributed by atoms with Gasteiger partial charge in [-0.05, 0) is 55.1 Å². The van der Waals surface area contributed by atoms with Crippen molar-refractivity contribution in [3.8, 4) is 11.3 Å². The van der Waals surface area contributed by atoms with Gasteiger partial charge in [-0.1, -0.05) is 6.07 Å². The highest BCUT2D eigenvalue weighted by Gasteiger charge is 2.32. The molecule has 1 aliphatic rings. The summed E-state index contributed by atoms with van der Waals surface area (Å²) in [5.41, 5.74) is 0.725. The average molecular weight is 420 g/mol. The summed E-state index contributed by atoms with van der Waals surface area (Å²) in [4.78, 5) is 33.8. The van der Waals surface area contributed by atoms with Gasteiger partial charge in [0.05, 0.1) is 9.83 Å². The molecule has 0 N–H and O–H groups in total. The Balaban J connectivity index is 1.58. The molecule has 0 saturated carbocycles. The van der Waals surface area contributed by atoms with E-state index in [4.69, 9.17) is 4.42 Å². The van der Waals surface area contributed by atoms with Gasteiger partial charge in [0.25, 0.3) is 11.6 Å². The van der Waals surface area contributed by atoms with Gasteiger partial charge in [-0.15, -0.1) is 0 Å². The third kappa shape index (κ3) is 4.01. The van der Waals surface area contributed by atoms with Crippen LogP contribution in [0.25, 0.3) is 17.4 Å². The Labute approximate surface area is 176 Å². The zero-order valence-corrected chi connectivity index (χ0v) is 16.7. The molecule has 1 fully saturated rings. The molecule has 1 amide bonds. The molecule has 150 valence electrons. The Bertz CT molecular complexity index is 1150. The molecule has 0 unspecified atom stereocenters. The topological polar surface area (TPSA) is 102 Å². The van der Waals surface area contributed by atoms with Crippen molar-refractivity contribution < 1.29 is 14.1 Å². The number of pyridine rings is 1. The normalized spacial score (nSPS) is 16.6. The number of furan rings is 1. The minimum absolute atomic E-state index is 0.0139. The molecule has 3 aromatic rings. The number of likely N-dealkylation sites (N-methyl/N-ethyl adjacent to an activating group) is 1.